The number of benzene rings is 2. The van der Waals surface area contributed by atoms with Crippen LogP contribution < -0.4 is 5.73 Å². The maximum absolute atomic E-state index is 9.14. The first-order valence-corrected chi connectivity index (χ1v) is 6.86. The molecule has 2 aromatic rings. The Morgan fingerprint density at radius 2 is 1.55 bits per heavy atom. The van der Waals surface area contributed by atoms with E-state index in [1.165, 1.54) is 0 Å². The molecule has 0 fully saturated rings. The molecule has 0 aromatic heterocycles. The Hall–Kier alpha value is -3.01. The lowest BCUT2D eigenvalue weighted by atomic mass is 9.99. The van der Waals surface area contributed by atoms with E-state index in [1.807, 2.05) is 30.3 Å². The number of nitrogens with zero attached hydrogens (tertiary/aromatic N) is 2. The molecule has 0 unspecified atom stereocenters. The fraction of sp³-hybridized carbons (Fsp3) is 0. The normalized spacial score (nSPS) is 9.95. The van der Waals surface area contributed by atoms with Crippen LogP contribution in [0.1, 0.15) is 11.1 Å². The number of allylic oxidation sites excluding steroid dienone is 3. The highest BCUT2D eigenvalue weighted by Gasteiger charge is 2.06. The van der Waals surface area contributed by atoms with E-state index in [0.717, 1.165) is 11.1 Å². The van der Waals surface area contributed by atoms with Gasteiger partial charge in [-0.15, -0.1) is 0 Å². The molecule has 2 aromatic carbocycles. The zero-order valence-electron chi connectivity index (χ0n) is 11.6. The second-order valence-corrected chi connectivity index (χ2v) is 4.96. The molecule has 4 heteroatoms. The van der Waals surface area contributed by atoms with E-state index in [1.54, 1.807) is 42.5 Å². The van der Waals surface area contributed by atoms with Gasteiger partial charge >= 0.3 is 0 Å². The molecule has 106 valence electrons. The minimum Gasteiger partial charge on any atom is -0.399 e. The molecule has 0 spiro atoms. The maximum Gasteiger partial charge on any atom is 0.137 e. The van der Waals surface area contributed by atoms with Gasteiger partial charge in [0, 0.05) is 16.3 Å². The molecule has 0 bridgehead atoms. The molecule has 22 heavy (non-hydrogen) atoms. The smallest absolute Gasteiger partial charge is 0.137 e. The quantitative estimate of drug-likeness (QED) is 0.517. The van der Waals surface area contributed by atoms with Crippen molar-refractivity contribution in [1.29, 1.82) is 10.5 Å². The molecule has 0 aliphatic carbocycles. The van der Waals surface area contributed by atoms with E-state index >= 15 is 0 Å². The van der Waals surface area contributed by atoms with E-state index < -0.39 is 0 Å². The molecule has 2 N–H and O–H groups in total. The van der Waals surface area contributed by atoms with Gasteiger partial charge in [-0.05, 0) is 35.4 Å². The van der Waals surface area contributed by atoms with Crippen molar-refractivity contribution in [2.45, 2.75) is 0 Å². The van der Waals surface area contributed by atoms with Gasteiger partial charge in [0.1, 0.15) is 17.7 Å². The Labute approximate surface area is 134 Å². The maximum atomic E-state index is 9.14. The topological polar surface area (TPSA) is 73.6 Å². The zero-order chi connectivity index (χ0) is 15.9. The van der Waals surface area contributed by atoms with Gasteiger partial charge in [0.05, 0.1) is 0 Å². The average Bonchev–Trinajstić information content (AvgIpc) is 2.54. The van der Waals surface area contributed by atoms with Crippen LogP contribution in [-0.4, -0.2) is 0 Å². The van der Waals surface area contributed by atoms with Crippen molar-refractivity contribution in [2.75, 3.05) is 5.73 Å². The summed E-state index contributed by atoms with van der Waals surface area (Å²) in [6.45, 7) is 0. The van der Waals surface area contributed by atoms with E-state index in [4.69, 9.17) is 27.9 Å². The Balaban J connectivity index is 2.45. The lowest BCUT2D eigenvalue weighted by molar-refractivity contribution is 1.46. The van der Waals surface area contributed by atoms with E-state index in [9.17, 15) is 0 Å². The molecule has 3 nitrogen and oxygen atoms in total. The molecular formula is C18H12ClN3. The van der Waals surface area contributed by atoms with Gasteiger partial charge in [-0.25, -0.2) is 0 Å². The van der Waals surface area contributed by atoms with Gasteiger partial charge in [-0.1, -0.05) is 48.0 Å². The van der Waals surface area contributed by atoms with Crippen molar-refractivity contribution in [3.05, 3.63) is 76.3 Å². The first-order chi connectivity index (χ1) is 10.6. The number of halogens is 1. The zero-order valence-corrected chi connectivity index (χ0v) is 12.4. The summed E-state index contributed by atoms with van der Waals surface area (Å²) in [5.74, 6) is 0. The molecule has 0 atom stereocenters. The second-order valence-electron chi connectivity index (χ2n) is 4.52. The van der Waals surface area contributed by atoms with Gasteiger partial charge in [-0.2, -0.15) is 10.5 Å². The summed E-state index contributed by atoms with van der Waals surface area (Å²) in [6, 6.07) is 18.2. The van der Waals surface area contributed by atoms with Crippen LogP contribution in [0.15, 0.2) is 60.2 Å². The third-order valence-corrected chi connectivity index (χ3v) is 3.28. The molecular weight excluding hydrogens is 294 g/mol. The third-order valence-electron chi connectivity index (χ3n) is 3.03. The molecule has 0 heterocycles. The Bertz CT molecular complexity index is 785. The van der Waals surface area contributed by atoms with Crippen LogP contribution in [0.2, 0.25) is 5.02 Å². The van der Waals surface area contributed by atoms with Crippen molar-refractivity contribution < 1.29 is 0 Å². The predicted octanol–water partition coefficient (Wildman–Crippen LogP) is 4.44. The first-order valence-electron chi connectivity index (χ1n) is 6.48. The van der Waals surface area contributed by atoms with Crippen LogP contribution in [0, 0.1) is 22.7 Å². The minimum absolute atomic E-state index is 0.0509. The van der Waals surface area contributed by atoms with Crippen LogP contribution >= 0.6 is 11.6 Å². The SMILES string of the molecule is N#CC(C#N)=C(/C=C/c1ccc(Cl)cc1)c1ccc(N)cc1. The Morgan fingerprint density at radius 1 is 0.955 bits per heavy atom. The fourth-order valence-electron chi connectivity index (χ4n) is 1.89. The predicted molar refractivity (Wildman–Crippen MR) is 89.5 cm³/mol. The highest BCUT2D eigenvalue weighted by Crippen LogP contribution is 2.22. The monoisotopic (exact) mass is 305 g/mol. The molecule has 0 radical (unpaired) electrons. The number of nitrogens with two attached hydrogens (primary N) is 1. The highest BCUT2D eigenvalue weighted by molar-refractivity contribution is 6.30. The molecule has 0 saturated carbocycles. The van der Waals surface area contributed by atoms with Crippen molar-refractivity contribution in [1.82, 2.24) is 0 Å². The number of hydrogen-bond donors (Lipinski definition) is 1. The fourth-order valence-corrected chi connectivity index (χ4v) is 2.01. The minimum atomic E-state index is 0.0509. The average molecular weight is 306 g/mol. The van der Waals surface area contributed by atoms with E-state index in [0.29, 0.717) is 16.3 Å². The van der Waals surface area contributed by atoms with Crippen LogP contribution in [0.5, 0.6) is 0 Å². The van der Waals surface area contributed by atoms with Gasteiger partial charge in [0.15, 0.2) is 0 Å². The van der Waals surface area contributed by atoms with Crippen molar-refractivity contribution in [2.24, 2.45) is 0 Å². The summed E-state index contributed by atoms with van der Waals surface area (Å²) in [5, 5.41) is 18.9. The highest BCUT2D eigenvalue weighted by atomic mass is 35.5. The van der Waals surface area contributed by atoms with Crippen LogP contribution in [0.4, 0.5) is 5.69 Å². The van der Waals surface area contributed by atoms with Gasteiger partial charge in [-0.3, -0.25) is 0 Å². The molecule has 0 amide bonds. The Kier molecular flexibility index (Phi) is 4.98. The largest absolute Gasteiger partial charge is 0.399 e. The summed E-state index contributed by atoms with van der Waals surface area (Å²) in [4.78, 5) is 0. The van der Waals surface area contributed by atoms with Crippen LogP contribution in [0.3, 0.4) is 0 Å². The molecule has 0 saturated heterocycles. The number of nitriles is 2. The lowest BCUT2D eigenvalue weighted by Crippen LogP contribution is -1.89. The number of anilines is 1. The van der Waals surface area contributed by atoms with E-state index in [2.05, 4.69) is 0 Å². The number of nitrogen functional groups attached to an aromatic ring is 1. The van der Waals surface area contributed by atoms with Gasteiger partial charge < -0.3 is 5.73 Å². The summed E-state index contributed by atoms with van der Waals surface area (Å²) in [6.07, 6.45) is 3.58. The van der Waals surface area contributed by atoms with Crippen molar-refractivity contribution in [3.8, 4) is 12.1 Å². The Morgan fingerprint density at radius 3 is 2.09 bits per heavy atom. The molecule has 0 aliphatic heterocycles. The van der Waals surface area contributed by atoms with Crippen molar-refractivity contribution in [3.63, 3.8) is 0 Å². The van der Waals surface area contributed by atoms with Crippen LogP contribution in [-0.2, 0) is 0 Å². The van der Waals surface area contributed by atoms with Gasteiger partial charge in [0.25, 0.3) is 0 Å². The number of rotatable bonds is 3. The summed E-state index contributed by atoms with van der Waals surface area (Å²) in [5.41, 5.74) is 8.59. The standard InChI is InChI=1S/C18H12ClN3/c19-16-6-1-13(2-7-16)3-10-18(15(11-20)12-21)14-4-8-17(22)9-5-14/h1-10H,22H2/b10-3+. The van der Waals surface area contributed by atoms with Crippen molar-refractivity contribution >= 4 is 28.9 Å². The third kappa shape index (κ3) is 3.76. The summed E-state index contributed by atoms with van der Waals surface area (Å²) in [7, 11) is 0. The van der Waals surface area contributed by atoms with E-state index in [-0.39, 0.29) is 5.57 Å². The number of hydrogen-bond acceptors (Lipinski definition) is 3. The summed E-state index contributed by atoms with van der Waals surface area (Å²) >= 11 is 5.85. The van der Waals surface area contributed by atoms with Crippen LogP contribution in [0.25, 0.3) is 11.6 Å². The second kappa shape index (κ2) is 7.13. The summed E-state index contributed by atoms with van der Waals surface area (Å²) < 4.78 is 0. The lowest BCUT2D eigenvalue weighted by Gasteiger charge is -2.04. The van der Waals surface area contributed by atoms with Gasteiger partial charge in [0.2, 0.25) is 0 Å². The molecule has 2 rings (SSSR count). The molecule has 0 aliphatic rings. The first kappa shape index (κ1) is 15.4.